The average Bonchev–Trinajstić information content (AvgIpc) is 3.11. The van der Waals surface area contributed by atoms with Crippen LogP contribution in [0, 0.1) is 0 Å². The van der Waals surface area contributed by atoms with Crippen molar-refractivity contribution in [2.45, 2.75) is 147 Å². The van der Waals surface area contributed by atoms with Crippen LogP contribution < -0.4 is 27.4 Å². The molecular formula is C39H60N6O5Si. The van der Waals surface area contributed by atoms with E-state index in [9.17, 15) is 24.0 Å². The number of hydrogen-bond acceptors (Lipinski definition) is 6. The Morgan fingerprint density at radius 1 is 0.667 bits per heavy atom. The van der Waals surface area contributed by atoms with E-state index < -0.39 is 41.0 Å². The van der Waals surface area contributed by atoms with E-state index in [1.807, 2.05) is 42.5 Å². The van der Waals surface area contributed by atoms with Gasteiger partial charge in [0.2, 0.25) is 23.6 Å². The smallest absolute Gasteiger partial charge is 0.243 e. The first kappa shape index (κ1) is 43.1. The van der Waals surface area contributed by atoms with Crippen molar-refractivity contribution < 1.29 is 24.0 Å². The van der Waals surface area contributed by atoms with Crippen molar-refractivity contribution in [3.63, 3.8) is 0 Å². The Labute approximate surface area is 307 Å². The summed E-state index contributed by atoms with van der Waals surface area (Å²) in [6.45, 7) is 2.24. The summed E-state index contributed by atoms with van der Waals surface area (Å²) in [4.78, 5) is 67.5. The van der Waals surface area contributed by atoms with Gasteiger partial charge < -0.3 is 27.4 Å². The predicted molar refractivity (Wildman–Crippen MR) is 203 cm³/mol. The highest BCUT2D eigenvalue weighted by Gasteiger charge is 2.28. The molecule has 0 saturated carbocycles. The zero-order valence-electron chi connectivity index (χ0n) is 30.5. The molecule has 0 spiro atoms. The number of carbonyl (C=O) groups excluding carboxylic acids is 5. The van der Waals surface area contributed by atoms with Crippen LogP contribution in [0.1, 0.15) is 127 Å². The Hall–Kier alpha value is -4.06. The van der Waals surface area contributed by atoms with E-state index in [1.165, 1.54) is 64.2 Å². The number of aromatic nitrogens is 1. The lowest BCUT2D eigenvalue weighted by atomic mass is 10.0. The SMILES string of the molecule is CCCCCCCCCCCCCCCC(=O)N[C@@H](CCc1ccncc1)[Si]C(=O)N[C@@H](CCC(N)=O)C(=O)N[C@@H](Cc1ccccc1)C(N)=O. The Morgan fingerprint density at radius 2 is 1.25 bits per heavy atom. The lowest BCUT2D eigenvalue weighted by Crippen LogP contribution is -2.55. The van der Waals surface area contributed by atoms with Crippen LogP contribution >= 0.6 is 0 Å². The molecule has 51 heavy (non-hydrogen) atoms. The van der Waals surface area contributed by atoms with Gasteiger partial charge >= 0.3 is 0 Å². The van der Waals surface area contributed by atoms with Gasteiger partial charge in [0.15, 0.2) is 15.1 Å². The standard InChI is InChI=1S/C39H60N6O5Si/c1-2-3-4-5-6-7-8-9-10-11-12-13-17-20-35(47)45-36(24-21-30-25-27-42-28-26-30)51-39(50)44-32(22-23-34(40)46)38(49)43-33(37(41)48)29-31-18-15-14-16-19-31/h14-16,18-19,25-28,32-33,36H,2-13,17,20-24,29H2,1H3,(H2,40,46)(H2,41,48)(H,43,49)(H,44,50)(H,45,47)/t32-,33-,36+/m0/s1. The number of rotatable bonds is 29. The van der Waals surface area contributed by atoms with Crippen LogP contribution in [0.2, 0.25) is 0 Å². The molecule has 0 aliphatic heterocycles. The van der Waals surface area contributed by atoms with Gasteiger partial charge in [0.05, 0.1) is 0 Å². The number of aryl methyl sites for hydroxylation is 1. The van der Waals surface area contributed by atoms with Gasteiger partial charge in [-0.15, -0.1) is 0 Å². The van der Waals surface area contributed by atoms with Gasteiger partial charge in [-0.25, -0.2) is 0 Å². The van der Waals surface area contributed by atoms with Crippen LogP contribution in [0.25, 0.3) is 0 Å². The topological polar surface area (TPSA) is 186 Å². The number of unbranched alkanes of at least 4 members (excludes halogenated alkanes) is 12. The zero-order chi connectivity index (χ0) is 37.1. The number of nitrogens with two attached hydrogens (primary N) is 2. The number of hydrogen-bond donors (Lipinski definition) is 5. The van der Waals surface area contributed by atoms with Gasteiger partial charge in [0.1, 0.15) is 12.1 Å². The first-order chi connectivity index (χ1) is 24.7. The van der Waals surface area contributed by atoms with Crippen molar-refractivity contribution >= 4 is 38.7 Å². The van der Waals surface area contributed by atoms with Gasteiger partial charge in [0.25, 0.3) is 0 Å². The molecule has 0 bridgehead atoms. The van der Waals surface area contributed by atoms with Crippen LogP contribution in [0.5, 0.6) is 0 Å². The minimum absolute atomic E-state index is 0.0543. The first-order valence-electron chi connectivity index (χ1n) is 18.8. The van der Waals surface area contributed by atoms with E-state index in [-0.39, 0.29) is 34.7 Å². The second-order valence-electron chi connectivity index (χ2n) is 13.3. The molecule has 0 aliphatic carbocycles. The fourth-order valence-corrected chi connectivity index (χ4v) is 6.97. The predicted octanol–water partition coefficient (Wildman–Crippen LogP) is 5.20. The van der Waals surface area contributed by atoms with Crippen LogP contribution in [0.3, 0.4) is 0 Å². The van der Waals surface area contributed by atoms with Crippen molar-refractivity contribution in [1.29, 1.82) is 0 Å². The second kappa shape index (κ2) is 26.7. The number of primary amides is 2. The van der Waals surface area contributed by atoms with Gasteiger partial charge in [-0.3, -0.25) is 29.0 Å². The molecule has 0 unspecified atom stereocenters. The lowest BCUT2D eigenvalue weighted by Gasteiger charge is -2.23. The molecular weight excluding hydrogens is 661 g/mol. The molecule has 2 aromatic rings. The molecule has 12 heteroatoms. The van der Waals surface area contributed by atoms with E-state index in [0.717, 1.165) is 30.4 Å². The largest absolute Gasteiger partial charge is 0.370 e. The maximum Gasteiger partial charge on any atom is 0.243 e. The first-order valence-corrected chi connectivity index (χ1v) is 19.9. The van der Waals surface area contributed by atoms with E-state index >= 15 is 0 Å². The van der Waals surface area contributed by atoms with Crippen molar-refractivity contribution in [3.8, 4) is 0 Å². The monoisotopic (exact) mass is 720 g/mol. The summed E-state index contributed by atoms with van der Waals surface area (Å²) in [5.41, 5.74) is 11.9. The third-order valence-corrected chi connectivity index (χ3v) is 10.1. The molecule has 2 rings (SSSR count). The van der Waals surface area contributed by atoms with Gasteiger partial charge in [-0.05, 0) is 48.9 Å². The Kier molecular flexibility index (Phi) is 22.6. The van der Waals surface area contributed by atoms with Crippen LogP contribution in [-0.4, -0.2) is 61.4 Å². The average molecular weight is 721 g/mol. The Morgan fingerprint density at radius 3 is 1.82 bits per heavy atom. The number of carbonyl (C=O) groups is 5. The van der Waals surface area contributed by atoms with Crippen LogP contribution in [-0.2, 0) is 32.0 Å². The maximum atomic E-state index is 13.4. The molecule has 0 fully saturated rings. The van der Waals surface area contributed by atoms with Gasteiger partial charge in [-0.1, -0.05) is 114 Å². The highest BCUT2D eigenvalue weighted by atomic mass is 28.2. The molecule has 0 saturated heterocycles. The van der Waals surface area contributed by atoms with E-state index in [0.29, 0.717) is 19.3 Å². The molecule has 1 heterocycles. The van der Waals surface area contributed by atoms with E-state index in [4.69, 9.17) is 11.5 Å². The number of nitrogens with zero attached hydrogens (tertiary/aromatic N) is 1. The van der Waals surface area contributed by atoms with Crippen molar-refractivity contribution in [2.75, 3.05) is 0 Å². The fraction of sp³-hybridized carbons (Fsp3) is 0.590. The normalized spacial score (nSPS) is 12.7. The van der Waals surface area contributed by atoms with Crippen molar-refractivity contribution in [2.24, 2.45) is 11.5 Å². The van der Waals surface area contributed by atoms with Gasteiger partial charge in [0, 0.05) is 37.3 Å². The molecule has 3 atom stereocenters. The Bertz CT molecular complexity index is 1300. The number of pyridine rings is 1. The highest BCUT2D eigenvalue weighted by molar-refractivity contribution is 6.74. The van der Waals surface area contributed by atoms with Crippen LogP contribution in [0.15, 0.2) is 54.9 Å². The summed E-state index contributed by atoms with van der Waals surface area (Å²) in [7, 11) is -0.386. The van der Waals surface area contributed by atoms with E-state index in [2.05, 4.69) is 27.9 Å². The minimum atomic E-state index is -1.13. The summed E-state index contributed by atoms with van der Waals surface area (Å²) >= 11 is 0. The maximum absolute atomic E-state index is 13.4. The van der Waals surface area contributed by atoms with E-state index in [1.54, 1.807) is 12.4 Å². The molecule has 1 aromatic carbocycles. The summed E-state index contributed by atoms with van der Waals surface area (Å²) in [5.74, 6) is -2.10. The molecule has 5 amide bonds. The fourth-order valence-electron chi connectivity index (χ4n) is 5.87. The lowest BCUT2D eigenvalue weighted by molar-refractivity contribution is -0.128. The molecule has 11 nitrogen and oxygen atoms in total. The molecule has 0 aliphatic rings. The summed E-state index contributed by atoms with van der Waals surface area (Å²) in [6.07, 6.45) is 20.8. The van der Waals surface area contributed by atoms with Crippen LogP contribution in [0.4, 0.5) is 4.79 Å². The van der Waals surface area contributed by atoms with Crippen molar-refractivity contribution in [1.82, 2.24) is 20.9 Å². The minimum Gasteiger partial charge on any atom is -0.370 e. The molecule has 1 aromatic heterocycles. The van der Waals surface area contributed by atoms with Crippen molar-refractivity contribution in [3.05, 3.63) is 66.0 Å². The zero-order valence-corrected chi connectivity index (χ0v) is 31.5. The summed E-state index contributed by atoms with van der Waals surface area (Å²) in [5, 5.41) is 8.40. The summed E-state index contributed by atoms with van der Waals surface area (Å²) in [6, 6.07) is 10.7. The quantitative estimate of drug-likeness (QED) is 0.0568. The summed E-state index contributed by atoms with van der Waals surface area (Å²) < 4.78 is 0. The Balaban J connectivity index is 1.89. The third-order valence-electron chi connectivity index (χ3n) is 8.86. The number of benzene rings is 1. The van der Waals surface area contributed by atoms with Gasteiger partial charge in [-0.2, -0.15) is 0 Å². The molecule has 280 valence electrons. The second-order valence-corrected chi connectivity index (χ2v) is 14.8. The molecule has 2 radical (unpaired) electrons. The number of nitrogens with one attached hydrogen (secondary N) is 3. The highest BCUT2D eigenvalue weighted by Crippen LogP contribution is 2.13. The third kappa shape index (κ3) is 21.0. The molecule has 7 N–H and O–H groups in total. The number of amides is 5.